The van der Waals surface area contributed by atoms with Crippen molar-refractivity contribution >= 4 is 5.82 Å². The van der Waals surface area contributed by atoms with Crippen molar-refractivity contribution in [3.05, 3.63) is 60.6 Å². The second-order valence-corrected chi connectivity index (χ2v) is 7.74. The summed E-state index contributed by atoms with van der Waals surface area (Å²) < 4.78 is 37.2. The molecule has 0 radical (unpaired) electrons. The molecule has 0 bridgehead atoms. The number of hydrogen-bond donors (Lipinski definition) is 0. The number of morpholine rings is 1. The van der Waals surface area contributed by atoms with Crippen molar-refractivity contribution in [3.8, 4) is 23.0 Å². The lowest BCUT2D eigenvalue weighted by molar-refractivity contribution is 0.0390. The van der Waals surface area contributed by atoms with Crippen LogP contribution in [0.3, 0.4) is 0 Å². The largest absolute Gasteiger partial charge is 0.377 e. The van der Waals surface area contributed by atoms with E-state index >= 15 is 0 Å². The lowest BCUT2D eigenvalue weighted by atomic mass is 9.90. The highest BCUT2D eigenvalue weighted by molar-refractivity contribution is 5.65. The molecule has 32 heavy (non-hydrogen) atoms. The first-order valence-electron chi connectivity index (χ1n) is 10.2. The van der Waals surface area contributed by atoms with Crippen molar-refractivity contribution in [2.75, 3.05) is 24.7 Å². The zero-order valence-electron chi connectivity index (χ0n) is 17.1. The van der Waals surface area contributed by atoms with Gasteiger partial charge >= 0.3 is 0 Å². The molecule has 2 aliphatic heterocycles. The minimum absolute atomic E-state index is 0.160. The van der Waals surface area contributed by atoms with Gasteiger partial charge in [-0.05, 0) is 18.6 Å². The van der Waals surface area contributed by atoms with E-state index in [1.807, 2.05) is 4.57 Å². The zero-order valence-corrected chi connectivity index (χ0v) is 17.1. The van der Waals surface area contributed by atoms with E-state index in [-0.39, 0.29) is 11.4 Å². The highest BCUT2D eigenvalue weighted by Gasteiger charge is 2.49. The van der Waals surface area contributed by atoms with Gasteiger partial charge in [0.2, 0.25) is 5.95 Å². The van der Waals surface area contributed by atoms with Gasteiger partial charge in [-0.15, -0.1) is 10.2 Å². The fourth-order valence-electron chi connectivity index (χ4n) is 4.54. The van der Waals surface area contributed by atoms with E-state index in [9.17, 15) is 8.78 Å². The second kappa shape index (κ2) is 6.89. The minimum Gasteiger partial charge on any atom is -0.377 e. The van der Waals surface area contributed by atoms with E-state index in [1.165, 1.54) is 18.3 Å². The Morgan fingerprint density at radius 1 is 1.19 bits per heavy atom. The topological polar surface area (TPSA) is 86.8 Å². The number of halogens is 2. The first kappa shape index (κ1) is 19.0. The number of aromatic nitrogens is 7. The standard InChI is InChI=1S/C21H18F2N8O/c1-2-21-11-32-8-7-31(21)18-16(30-12-26-28-19(21)30)10-25-20(27-18)29-6-5-24-17(29)14-4-3-13(22)9-15(14)23/h3-6,9-10,12H,2,7-8,11H2,1H3. The van der Waals surface area contributed by atoms with Crippen LogP contribution in [0.15, 0.2) is 43.1 Å². The van der Waals surface area contributed by atoms with Gasteiger partial charge in [0, 0.05) is 25.0 Å². The molecule has 1 saturated heterocycles. The highest BCUT2D eigenvalue weighted by atomic mass is 19.1. The predicted octanol–water partition coefficient (Wildman–Crippen LogP) is 2.64. The molecule has 4 aromatic rings. The molecule has 1 fully saturated rings. The molecule has 1 aromatic carbocycles. The summed E-state index contributed by atoms with van der Waals surface area (Å²) in [5.41, 5.74) is 0.427. The van der Waals surface area contributed by atoms with Gasteiger partial charge in [-0.1, -0.05) is 6.92 Å². The van der Waals surface area contributed by atoms with Gasteiger partial charge in [-0.2, -0.15) is 4.98 Å². The average Bonchev–Trinajstić information content (AvgIpc) is 3.49. The molecule has 0 spiro atoms. The zero-order chi connectivity index (χ0) is 21.9. The molecule has 0 N–H and O–H groups in total. The lowest BCUT2D eigenvalue weighted by Gasteiger charge is -2.49. The molecule has 9 nitrogen and oxygen atoms in total. The molecular weight excluding hydrogens is 418 g/mol. The molecular formula is C21H18F2N8O. The van der Waals surface area contributed by atoms with Crippen molar-refractivity contribution in [1.29, 1.82) is 0 Å². The van der Waals surface area contributed by atoms with E-state index < -0.39 is 17.2 Å². The van der Waals surface area contributed by atoms with Crippen molar-refractivity contribution < 1.29 is 13.5 Å². The first-order valence-corrected chi connectivity index (χ1v) is 10.2. The summed E-state index contributed by atoms with van der Waals surface area (Å²) in [5, 5.41) is 8.49. The summed E-state index contributed by atoms with van der Waals surface area (Å²) in [6, 6.07) is 3.39. The number of imidazole rings is 1. The van der Waals surface area contributed by atoms with Crippen molar-refractivity contribution in [2.24, 2.45) is 0 Å². The summed E-state index contributed by atoms with van der Waals surface area (Å²) >= 11 is 0. The quantitative estimate of drug-likeness (QED) is 0.488. The van der Waals surface area contributed by atoms with Crippen molar-refractivity contribution in [2.45, 2.75) is 18.9 Å². The smallest absolute Gasteiger partial charge is 0.237 e. The Balaban J connectivity index is 1.52. The van der Waals surface area contributed by atoms with E-state index in [1.54, 1.807) is 23.3 Å². The minimum atomic E-state index is -0.706. The molecule has 6 rings (SSSR count). The lowest BCUT2D eigenvalue weighted by Crippen LogP contribution is -2.58. The molecule has 0 aliphatic carbocycles. The molecule has 2 aliphatic rings. The van der Waals surface area contributed by atoms with Crippen LogP contribution in [0, 0.1) is 11.6 Å². The molecule has 1 atom stereocenters. The third kappa shape index (κ3) is 2.54. The third-order valence-electron chi connectivity index (χ3n) is 6.15. The van der Waals surface area contributed by atoms with Gasteiger partial charge in [0.05, 0.1) is 25.0 Å². The number of benzene rings is 1. The van der Waals surface area contributed by atoms with Crippen LogP contribution < -0.4 is 4.90 Å². The Morgan fingerprint density at radius 3 is 2.94 bits per heavy atom. The summed E-state index contributed by atoms with van der Waals surface area (Å²) in [5.74, 6) is 0.761. The molecule has 1 unspecified atom stereocenters. The molecule has 3 aromatic heterocycles. The maximum Gasteiger partial charge on any atom is 0.237 e. The summed E-state index contributed by atoms with van der Waals surface area (Å²) in [7, 11) is 0. The Labute approximate surface area is 181 Å². The normalized spacial score (nSPS) is 19.4. The third-order valence-corrected chi connectivity index (χ3v) is 6.15. The van der Waals surface area contributed by atoms with Crippen LogP contribution >= 0.6 is 0 Å². The Morgan fingerprint density at radius 2 is 2.09 bits per heavy atom. The van der Waals surface area contributed by atoms with Crippen LogP contribution in [-0.2, 0) is 10.3 Å². The number of anilines is 1. The van der Waals surface area contributed by atoms with E-state index in [4.69, 9.17) is 9.72 Å². The van der Waals surface area contributed by atoms with Gasteiger partial charge in [-0.25, -0.2) is 18.7 Å². The second-order valence-electron chi connectivity index (χ2n) is 7.74. The SMILES string of the molecule is CCC12COCCN1c1nc(-n3ccnc3-c3ccc(F)cc3F)ncc1-n1cnnc12. The van der Waals surface area contributed by atoms with Crippen molar-refractivity contribution in [1.82, 2.24) is 34.3 Å². The van der Waals surface area contributed by atoms with Crippen LogP contribution in [-0.4, -0.2) is 54.0 Å². The summed E-state index contributed by atoms with van der Waals surface area (Å²) in [4.78, 5) is 15.8. The Hall–Kier alpha value is -3.73. The first-order chi connectivity index (χ1) is 15.6. The highest BCUT2D eigenvalue weighted by Crippen LogP contribution is 2.44. The number of rotatable bonds is 3. The van der Waals surface area contributed by atoms with Crippen LogP contribution in [0.25, 0.3) is 23.0 Å². The maximum atomic E-state index is 14.5. The molecule has 162 valence electrons. The van der Waals surface area contributed by atoms with Crippen LogP contribution in [0.5, 0.6) is 0 Å². The number of nitrogens with zero attached hydrogens (tertiary/aromatic N) is 8. The van der Waals surface area contributed by atoms with Gasteiger partial charge in [-0.3, -0.25) is 9.13 Å². The van der Waals surface area contributed by atoms with E-state index in [0.717, 1.165) is 24.0 Å². The molecule has 0 amide bonds. The average molecular weight is 436 g/mol. The predicted molar refractivity (Wildman–Crippen MR) is 110 cm³/mol. The maximum absolute atomic E-state index is 14.5. The number of hydrogen-bond acceptors (Lipinski definition) is 7. The fourth-order valence-corrected chi connectivity index (χ4v) is 4.54. The van der Waals surface area contributed by atoms with Gasteiger partial charge in [0.1, 0.15) is 35.0 Å². The van der Waals surface area contributed by atoms with E-state index in [0.29, 0.717) is 31.5 Å². The van der Waals surface area contributed by atoms with Gasteiger partial charge in [0.25, 0.3) is 0 Å². The molecule has 0 saturated carbocycles. The van der Waals surface area contributed by atoms with E-state index in [2.05, 4.69) is 32.0 Å². The monoisotopic (exact) mass is 436 g/mol. The number of ether oxygens (including phenoxy) is 1. The summed E-state index contributed by atoms with van der Waals surface area (Å²) in [6.07, 6.45) is 7.28. The van der Waals surface area contributed by atoms with Gasteiger partial charge in [0.15, 0.2) is 11.6 Å². The van der Waals surface area contributed by atoms with Crippen LogP contribution in [0.1, 0.15) is 19.2 Å². The van der Waals surface area contributed by atoms with Crippen LogP contribution in [0.2, 0.25) is 0 Å². The molecule has 5 heterocycles. The van der Waals surface area contributed by atoms with Gasteiger partial charge < -0.3 is 9.64 Å². The number of fused-ring (bicyclic) bond motifs is 6. The Kier molecular flexibility index (Phi) is 4.09. The van der Waals surface area contributed by atoms with Crippen molar-refractivity contribution in [3.63, 3.8) is 0 Å². The van der Waals surface area contributed by atoms with Crippen LogP contribution in [0.4, 0.5) is 14.6 Å². The summed E-state index contributed by atoms with van der Waals surface area (Å²) in [6.45, 7) is 3.75. The molecule has 11 heteroatoms. The fraction of sp³-hybridized carbons (Fsp3) is 0.286. The Bertz CT molecular complexity index is 1340.